The zero-order valence-corrected chi connectivity index (χ0v) is 26.6. The van der Waals surface area contributed by atoms with Crippen molar-refractivity contribution in [2.45, 2.75) is 43.5 Å². The summed E-state index contributed by atoms with van der Waals surface area (Å²) in [4.78, 5) is 17.7. The van der Waals surface area contributed by atoms with Crippen LogP contribution in [0.5, 0.6) is 0 Å². The van der Waals surface area contributed by atoms with E-state index in [9.17, 15) is 0 Å². The summed E-state index contributed by atoms with van der Waals surface area (Å²) >= 11 is 1.16. The van der Waals surface area contributed by atoms with Crippen LogP contribution in [-0.2, 0) is 0 Å². The topological polar surface area (TPSA) is 25.8 Å². The fourth-order valence-electron chi connectivity index (χ4n) is 3.47. The summed E-state index contributed by atoms with van der Waals surface area (Å²) in [6.45, 7) is 4.50. The van der Waals surface area contributed by atoms with Gasteiger partial charge in [-0.1, -0.05) is 0 Å². The van der Waals surface area contributed by atoms with Gasteiger partial charge in [0.05, 0.1) is 0 Å². The molecule has 0 saturated heterocycles. The third-order valence-electron chi connectivity index (χ3n) is 5.22. The van der Waals surface area contributed by atoms with E-state index < -0.39 is 36.8 Å². The third kappa shape index (κ3) is 4.23. The van der Waals surface area contributed by atoms with Crippen LogP contribution in [0.3, 0.4) is 0 Å². The van der Waals surface area contributed by atoms with Crippen molar-refractivity contribution in [1.29, 1.82) is 0 Å². The second kappa shape index (κ2) is 7.87. The quantitative estimate of drug-likeness (QED) is 0.225. The third-order valence-corrected chi connectivity index (χ3v) is 27.1. The molecule has 1 aromatic carbocycles. The molecule has 0 bridgehead atoms. The molecule has 3 aromatic heterocycles. The van der Waals surface area contributed by atoms with Gasteiger partial charge in [-0.3, -0.25) is 0 Å². The molecule has 152 valence electrons. The molecular weight excluding hydrogens is 626 g/mol. The van der Waals surface area contributed by atoms with Crippen LogP contribution in [0.4, 0.5) is 0 Å². The van der Waals surface area contributed by atoms with Crippen molar-refractivity contribution < 1.29 is 0 Å². The summed E-state index contributed by atoms with van der Waals surface area (Å²) in [6, 6.07) is 9.45. The number of fused-ring (bicyclic) bond motifs is 1. The predicted octanol–water partition coefficient (Wildman–Crippen LogP) is 6.86. The van der Waals surface area contributed by atoms with Gasteiger partial charge in [0.25, 0.3) is 0 Å². The number of hydrogen-bond donors (Lipinski definition) is 0. The standard InChI is InChI=1S/C16H10N2S3.6CH3.2Sn/c1-9-5-7-19-15(9)11-3-4-12(14-13(11)17-21-18-14)16-10(2)6-8-20-16;;;;;;;;/h3-6H,1-2H3;6*1H3;;. The van der Waals surface area contributed by atoms with E-state index in [-0.39, 0.29) is 0 Å². The number of benzene rings is 1. The van der Waals surface area contributed by atoms with Gasteiger partial charge >= 0.3 is 196 Å². The summed E-state index contributed by atoms with van der Waals surface area (Å²) in [6.07, 6.45) is 0. The fourth-order valence-corrected chi connectivity index (χ4v) is 17.3. The summed E-state index contributed by atoms with van der Waals surface area (Å²) in [5, 5.41) is 0. The number of aromatic nitrogens is 2. The van der Waals surface area contributed by atoms with Crippen LogP contribution in [0.25, 0.3) is 31.9 Å². The van der Waals surface area contributed by atoms with Gasteiger partial charge < -0.3 is 0 Å². The van der Waals surface area contributed by atoms with Gasteiger partial charge in [-0.05, 0) is 0 Å². The van der Waals surface area contributed by atoms with E-state index in [1.165, 1.54) is 43.7 Å². The van der Waals surface area contributed by atoms with Gasteiger partial charge in [0.15, 0.2) is 0 Å². The normalized spacial score (nSPS) is 12.8. The molecule has 29 heavy (non-hydrogen) atoms. The van der Waals surface area contributed by atoms with Crippen molar-refractivity contribution in [3.8, 4) is 20.9 Å². The van der Waals surface area contributed by atoms with E-state index >= 15 is 0 Å². The first-order valence-electron chi connectivity index (χ1n) is 9.94. The Kier molecular flexibility index (Phi) is 6.03. The second-order valence-electron chi connectivity index (χ2n) is 9.87. The summed E-state index contributed by atoms with van der Waals surface area (Å²) in [7, 11) is 0. The van der Waals surface area contributed by atoms with Gasteiger partial charge in [0, 0.05) is 0 Å². The summed E-state index contributed by atoms with van der Waals surface area (Å²) in [5.74, 6) is 0. The number of aryl methyl sites for hydroxylation is 2. The Bertz CT molecular complexity index is 1110. The van der Waals surface area contributed by atoms with E-state index in [2.05, 4.69) is 67.8 Å². The molecule has 0 unspecified atom stereocenters. The minimum absolute atomic E-state index is 1.07. The van der Waals surface area contributed by atoms with Crippen LogP contribution >= 0.6 is 34.4 Å². The van der Waals surface area contributed by atoms with Crippen LogP contribution in [0, 0.1) is 13.8 Å². The SMILES string of the molecule is Cc1c[c]([Sn]([CH3])([CH3])[CH3])sc1-c1ccc(-c2s[c]([Sn]([CH3])([CH3])[CH3])cc2C)c2nsnc12. The molecule has 3 heterocycles. The molecule has 0 atom stereocenters. The molecule has 4 rings (SSSR count). The van der Waals surface area contributed by atoms with E-state index in [4.69, 9.17) is 8.75 Å². The van der Waals surface area contributed by atoms with E-state index in [0.29, 0.717) is 0 Å². The Morgan fingerprint density at radius 3 is 1.34 bits per heavy atom. The Hall–Kier alpha value is 0.0374. The Morgan fingerprint density at radius 1 is 0.655 bits per heavy atom. The zero-order chi connectivity index (χ0) is 21.1. The number of rotatable bonds is 4. The molecule has 2 nitrogen and oxygen atoms in total. The van der Waals surface area contributed by atoms with E-state index in [0.717, 1.165) is 11.0 Å². The van der Waals surface area contributed by atoms with Gasteiger partial charge in [-0.2, -0.15) is 0 Å². The first-order chi connectivity index (χ1) is 13.5. The van der Waals surface area contributed by atoms with Crippen LogP contribution in [0.2, 0.25) is 29.6 Å². The monoisotopic (exact) mass is 656 g/mol. The molecule has 0 N–H and O–H groups in total. The van der Waals surface area contributed by atoms with Crippen molar-refractivity contribution in [2.24, 2.45) is 0 Å². The number of hydrogen-bond acceptors (Lipinski definition) is 5. The molecule has 0 aliphatic heterocycles. The van der Waals surface area contributed by atoms with E-state index in [1.807, 2.05) is 22.7 Å². The fraction of sp³-hybridized carbons (Fsp3) is 0.364. The van der Waals surface area contributed by atoms with Crippen molar-refractivity contribution >= 4 is 88.0 Å². The maximum absolute atomic E-state index is 4.75. The number of thiophene rings is 2. The average Bonchev–Trinajstić information content (AvgIpc) is 3.31. The van der Waals surface area contributed by atoms with E-state index in [1.54, 1.807) is 5.79 Å². The van der Waals surface area contributed by atoms with Crippen LogP contribution in [-0.4, -0.2) is 45.5 Å². The molecule has 0 spiro atoms. The zero-order valence-electron chi connectivity index (χ0n) is 18.4. The molecular formula is C22H28N2S3Sn2. The Morgan fingerprint density at radius 2 is 1.03 bits per heavy atom. The average molecular weight is 654 g/mol. The molecule has 0 aliphatic rings. The van der Waals surface area contributed by atoms with Crippen LogP contribution in [0.1, 0.15) is 11.1 Å². The van der Waals surface area contributed by atoms with Gasteiger partial charge in [-0.25, -0.2) is 0 Å². The van der Waals surface area contributed by atoms with Gasteiger partial charge in [0.1, 0.15) is 0 Å². The summed E-state index contributed by atoms with van der Waals surface area (Å²) in [5.41, 5.74) is 7.42. The molecule has 0 radical (unpaired) electrons. The van der Waals surface area contributed by atoms with Crippen LogP contribution in [0.15, 0.2) is 24.3 Å². The second-order valence-corrected chi connectivity index (χ2v) is 43.3. The van der Waals surface area contributed by atoms with Crippen LogP contribution < -0.4 is 5.79 Å². The van der Waals surface area contributed by atoms with Crippen molar-refractivity contribution in [2.75, 3.05) is 0 Å². The molecule has 0 saturated carbocycles. The van der Waals surface area contributed by atoms with Gasteiger partial charge in [0.2, 0.25) is 0 Å². The molecule has 0 fully saturated rings. The van der Waals surface area contributed by atoms with Crippen molar-refractivity contribution in [1.82, 2.24) is 8.75 Å². The number of nitrogens with zero attached hydrogens (tertiary/aromatic N) is 2. The Labute approximate surface area is 194 Å². The minimum atomic E-state index is -2.08. The van der Waals surface area contributed by atoms with Crippen molar-refractivity contribution in [3.63, 3.8) is 0 Å². The Balaban J connectivity index is 1.89. The van der Waals surface area contributed by atoms with Crippen molar-refractivity contribution in [3.05, 3.63) is 35.4 Å². The predicted molar refractivity (Wildman–Crippen MR) is 139 cm³/mol. The molecule has 7 heteroatoms. The first-order valence-corrected chi connectivity index (χ1v) is 32.3. The molecule has 0 aliphatic carbocycles. The molecule has 4 aromatic rings. The first kappa shape index (κ1) is 22.2. The summed E-state index contributed by atoms with van der Waals surface area (Å²) < 4.78 is 12.8. The maximum atomic E-state index is 4.75. The van der Waals surface area contributed by atoms with Gasteiger partial charge in [-0.15, -0.1) is 0 Å². The molecule has 0 amide bonds.